The van der Waals surface area contributed by atoms with Crippen LogP contribution in [0.25, 0.3) is 11.1 Å². The smallest absolute Gasteiger partial charge is 0.319 e. The van der Waals surface area contributed by atoms with Gasteiger partial charge in [-0.05, 0) is 79.7 Å². The maximum Gasteiger partial charge on any atom is 0.319 e. The third kappa shape index (κ3) is 7.41. The zero-order valence-electron chi connectivity index (χ0n) is 21.5. The van der Waals surface area contributed by atoms with Gasteiger partial charge in [-0.25, -0.2) is 14.2 Å². The van der Waals surface area contributed by atoms with Crippen molar-refractivity contribution in [3.05, 3.63) is 41.0 Å². The summed E-state index contributed by atoms with van der Waals surface area (Å²) in [4.78, 5) is 27.1. The molecule has 6 nitrogen and oxygen atoms in total. The quantitative estimate of drug-likeness (QED) is 0.191. The van der Waals surface area contributed by atoms with E-state index >= 15 is 0 Å². The second-order valence-electron chi connectivity index (χ2n) is 11.1. The van der Waals surface area contributed by atoms with Crippen LogP contribution < -0.4 is 15.4 Å². The maximum atomic E-state index is 13.7. The molecule has 0 saturated heterocycles. The predicted molar refractivity (Wildman–Crippen MR) is 143 cm³/mol. The lowest BCUT2D eigenvalue weighted by Gasteiger charge is -2.38. The number of urea groups is 1. The molecule has 2 aromatic rings. The highest BCUT2D eigenvalue weighted by Crippen LogP contribution is 2.40. The van der Waals surface area contributed by atoms with Crippen LogP contribution in [0.4, 0.5) is 14.9 Å². The molecule has 1 heterocycles. The minimum Gasteiger partial charge on any atom is -0.478 e. The van der Waals surface area contributed by atoms with Crippen molar-refractivity contribution in [3.63, 3.8) is 0 Å². The Hall–Kier alpha value is -2.16. The summed E-state index contributed by atoms with van der Waals surface area (Å²) >= 11 is 6.30. The van der Waals surface area contributed by atoms with E-state index in [9.17, 15) is 14.0 Å². The van der Waals surface area contributed by atoms with Crippen molar-refractivity contribution in [1.29, 1.82) is 0 Å². The number of anilines is 1. The number of hydrogen-bond donors (Lipinski definition) is 3. The fourth-order valence-corrected chi connectivity index (χ4v) is 5.12. The zero-order valence-corrected chi connectivity index (χ0v) is 23.2. The molecule has 1 aliphatic carbocycles. The largest absolute Gasteiger partial charge is 0.478 e. The molecule has 0 atom stereocenters. The van der Waals surface area contributed by atoms with Crippen LogP contribution in [0.1, 0.15) is 52.0 Å². The summed E-state index contributed by atoms with van der Waals surface area (Å²) in [6.45, 7) is 12.1. The summed E-state index contributed by atoms with van der Waals surface area (Å²) in [7, 11) is -2.26. The molecule has 0 bridgehead atoms. The van der Waals surface area contributed by atoms with E-state index in [1.807, 2.05) is 44.3 Å². The Labute approximate surface area is 213 Å². The Kier molecular flexibility index (Phi) is 8.18. The van der Waals surface area contributed by atoms with Gasteiger partial charge in [-0.1, -0.05) is 31.5 Å². The minimum atomic E-state index is -2.26. The van der Waals surface area contributed by atoms with Gasteiger partial charge in [0.2, 0.25) is 5.88 Å². The summed E-state index contributed by atoms with van der Waals surface area (Å²) in [5.74, 6) is 0.431. The molecule has 0 radical (unpaired) electrons. The van der Waals surface area contributed by atoms with Gasteiger partial charge in [0.1, 0.15) is 10.8 Å². The van der Waals surface area contributed by atoms with E-state index in [4.69, 9.17) is 16.3 Å². The van der Waals surface area contributed by atoms with E-state index in [2.05, 4.69) is 29.5 Å². The molecule has 192 valence electrons. The Morgan fingerprint density at radius 3 is 2.63 bits per heavy atom. The van der Waals surface area contributed by atoms with Gasteiger partial charge in [-0.2, -0.15) is 0 Å². The van der Waals surface area contributed by atoms with Gasteiger partial charge in [-0.15, -0.1) is 0 Å². The summed E-state index contributed by atoms with van der Waals surface area (Å²) < 4.78 is 19.6. The standard InChI is InChI=1S/C26H37ClFN3O3Si/c1-17-8-9-19(29-24(32)30-20-15-26(4,28)16-20)14-21(17)18-12-22(27)31-23(13-18)34-11-7-10-25(2,3)35(5,6)33/h8-9,12-14,20,33H,7,10-11,15-16H2,1-6H3,(H2,29,30,32). The Bertz CT molecular complexity index is 1060. The number of rotatable bonds is 9. The number of alkyl halides is 1. The number of aromatic nitrogens is 1. The molecule has 1 saturated carbocycles. The van der Waals surface area contributed by atoms with Crippen LogP contribution in [0.15, 0.2) is 30.3 Å². The van der Waals surface area contributed by atoms with Gasteiger partial charge >= 0.3 is 6.03 Å². The Morgan fingerprint density at radius 1 is 1.31 bits per heavy atom. The van der Waals surface area contributed by atoms with Crippen molar-refractivity contribution < 1.29 is 18.7 Å². The van der Waals surface area contributed by atoms with E-state index in [-0.39, 0.29) is 17.1 Å². The topological polar surface area (TPSA) is 83.5 Å². The second-order valence-corrected chi connectivity index (χ2v) is 15.9. The average Bonchev–Trinajstić information content (AvgIpc) is 2.70. The van der Waals surface area contributed by atoms with E-state index in [0.717, 1.165) is 29.5 Å². The van der Waals surface area contributed by atoms with Crippen molar-refractivity contribution in [2.75, 3.05) is 11.9 Å². The molecule has 0 spiro atoms. The molecule has 3 rings (SSSR count). The highest BCUT2D eigenvalue weighted by Gasteiger charge is 2.41. The number of ether oxygens (including phenoxy) is 1. The second kappa shape index (κ2) is 10.4. The number of hydrogen-bond acceptors (Lipinski definition) is 4. The molecular formula is C26H37ClFN3O3Si. The number of nitrogens with zero attached hydrogens (tertiary/aromatic N) is 1. The molecule has 3 N–H and O–H groups in total. The molecular weight excluding hydrogens is 485 g/mol. The van der Waals surface area contributed by atoms with Gasteiger partial charge in [0.05, 0.1) is 6.61 Å². The lowest BCUT2D eigenvalue weighted by atomic mass is 9.79. The number of aryl methyl sites for hydroxylation is 1. The van der Waals surface area contributed by atoms with E-state index in [0.29, 0.717) is 36.2 Å². The fourth-order valence-electron chi connectivity index (χ4n) is 4.13. The fraction of sp³-hybridized carbons (Fsp3) is 0.538. The molecule has 35 heavy (non-hydrogen) atoms. The van der Waals surface area contributed by atoms with Gasteiger partial charge in [0, 0.05) is 30.6 Å². The molecule has 1 fully saturated rings. The van der Waals surface area contributed by atoms with E-state index < -0.39 is 14.0 Å². The Balaban J connectivity index is 1.65. The van der Waals surface area contributed by atoms with Crippen molar-refractivity contribution in [1.82, 2.24) is 10.3 Å². The number of carbonyl (C=O) groups excluding carboxylic acids is 1. The van der Waals surface area contributed by atoms with E-state index in [1.54, 1.807) is 13.0 Å². The highest BCUT2D eigenvalue weighted by atomic mass is 35.5. The third-order valence-corrected chi connectivity index (χ3v) is 10.9. The van der Waals surface area contributed by atoms with Crippen LogP contribution >= 0.6 is 11.6 Å². The normalized spacial score (nSPS) is 20.2. The van der Waals surface area contributed by atoms with Gasteiger partial charge in [0.25, 0.3) is 0 Å². The molecule has 0 unspecified atom stereocenters. The molecule has 1 aliphatic rings. The first-order chi connectivity index (χ1) is 16.1. The number of amides is 2. The SMILES string of the molecule is Cc1ccc(NC(=O)NC2CC(C)(F)C2)cc1-c1cc(Cl)nc(OCCCC(C)(C)[Si](C)(C)O)c1. The van der Waals surface area contributed by atoms with Crippen LogP contribution in [-0.2, 0) is 0 Å². The van der Waals surface area contributed by atoms with Crippen molar-refractivity contribution in [2.45, 2.75) is 83.2 Å². The van der Waals surface area contributed by atoms with Gasteiger partial charge < -0.3 is 20.2 Å². The molecule has 1 aromatic heterocycles. The van der Waals surface area contributed by atoms with E-state index in [1.165, 1.54) is 0 Å². The van der Waals surface area contributed by atoms with Crippen LogP contribution in [0.2, 0.25) is 23.3 Å². The first kappa shape index (κ1) is 27.4. The lowest BCUT2D eigenvalue weighted by Crippen LogP contribution is -2.52. The number of carbonyl (C=O) groups is 1. The summed E-state index contributed by atoms with van der Waals surface area (Å²) in [6, 6.07) is 8.72. The van der Waals surface area contributed by atoms with Gasteiger partial charge in [0.15, 0.2) is 8.32 Å². The third-order valence-electron chi connectivity index (χ3n) is 7.11. The Morgan fingerprint density at radius 2 is 2.00 bits per heavy atom. The first-order valence-corrected chi connectivity index (χ1v) is 15.4. The van der Waals surface area contributed by atoms with Crippen LogP contribution in [0.3, 0.4) is 0 Å². The summed E-state index contributed by atoms with van der Waals surface area (Å²) in [5, 5.41) is 5.85. The lowest BCUT2D eigenvalue weighted by molar-refractivity contribution is 0.0534. The molecule has 9 heteroatoms. The molecule has 2 amide bonds. The average molecular weight is 522 g/mol. The molecule has 1 aromatic carbocycles. The number of nitrogens with one attached hydrogen (secondary N) is 2. The summed E-state index contributed by atoms with van der Waals surface area (Å²) in [6.07, 6.45) is 2.31. The maximum absolute atomic E-state index is 13.7. The zero-order chi connectivity index (χ0) is 26.0. The first-order valence-electron chi connectivity index (χ1n) is 12.1. The number of pyridine rings is 1. The molecule has 0 aliphatic heterocycles. The van der Waals surface area contributed by atoms with Crippen LogP contribution in [0.5, 0.6) is 5.88 Å². The van der Waals surface area contributed by atoms with Crippen LogP contribution in [0, 0.1) is 6.92 Å². The highest BCUT2D eigenvalue weighted by molar-refractivity contribution is 6.72. The van der Waals surface area contributed by atoms with Gasteiger partial charge in [-0.3, -0.25) is 0 Å². The monoisotopic (exact) mass is 521 g/mol. The van der Waals surface area contributed by atoms with Crippen molar-refractivity contribution >= 4 is 31.6 Å². The predicted octanol–water partition coefficient (Wildman–Crippen LogP) is 6.86. The van der Waals surface area contributed by atoms with Crippen LogP contribution in [-0.4, -0.2) is 42.4 Å². The van der Waals surface area contributed by atoms with Crippen molar-refractivity contribution in [3.8, 4) is 17.0 Å². The van der Waals surface area contributed by atoms with Crippen molar-refractivity contribution in [2.24, 2.45) is 0 Å². The number of halogens is 2. The minimum absolute atomic E-state index is 0.107. The number of benzene rings is 1. The summed E-state index contributed by atoms with van der Waals surface area (Å²) in [5.41, 5.74) is 2.17.